The molecule has 21 heteroatoms. The van der Waals surface area contributed by atoms with Crippen LogP contribution in [0, 0.1) is 44.2 Å². The number of carbonyl (C=O) groups excluding carboxylic acids is 1. The van der Waals surface area contributed by atoms with Gasteiger partial charge in [0.25, 0.3) is 5.91 Å². The van der Waals surface area contributed by atoms with Crippen LogP contribution in [0.1, 0.15) is 46.7 Å². The van der Waals surface area contributed by atoms with E-state index in [0.717, 1.165) is 39.5 Å². The molecule has 3 aromatic carbocycles. The highest BCUT2D eigenvalue weighted by Crippen LogP contribution is 2.33. The minimum Gasteiger partial charge on any atom is -0.490 e. The first kappa shape index (κ1) is 52.1. The number of carbonyl (C=O) groups is 2. The molecular formula is C44H47N9O12. The van der Waals surface area contributed by atoms with Gasteiger partial charge in [0.2, 0.25) is 0 Å². The lowest BCUT2D eigenvalue weighted by molar-refractivity contribution is -0.385. The van der Waals surface area contributed by atoms with Crippen molar-refractivity contribution in [3.05, 3.63) is 168 Å². The summed E-state index contributed by atoms with van der Waals surface area (Å²) in [4.78, 5) is 68.6. The average molecular weight is 894 g/mol. The van der Waals surface area contributed by atoms with Gasteiger partial charge in [0, 0.05) is 59.0 Å². The molecule has 0 aliphatic rings. The van der Waals surface area contributed by atoms with Crippen LogP contribution in [0.4, 0.5) is 28.7 Å². The van der Waals surface area contributed by atoms with Gasteiger partial charge in [-0.1, -0.05) is 27.0 Å². The smallest absolute Gasteiger partial charge is 0.335 e. The maximum absolute atomic E-state index is 12.1. The summed E-state index contributed by atoms with van der Waals surface area (Å²) in [6.45, 7) is 3.74. The third kappa shape index (κ3) is 14.0. The number of nitro benzene ring substituents is 3. The number of ether oxygens (including phenoxy) is 3. The number of benzene rings is 3. The molecule has 0 saturated heterocycles. The molecule has 0 bridgehead atoms. The van der Waals surface area contributed by atoms with Gasteiger partial charge in [-0.05, 0) is 91.7 Å². The number of nitrogens with two attached hydrogens (primary N) is 1. The number of nitrogen functional groups attached to an aromatic ring is 1. The number of hydrogen-bond acceptors (Lipinski definition) is 15. The Morgan fingerprint density at radius 2 is 1.12 bits per heavy atom. The molecule has 65 heavy (non-hydrogen) atoms. The van der Waals surface area contributed by atoms with Crippen molar-refractivity contribution in [2.75, 3.05) is 32.4 Å². The molecule has 7 rings (SSSR count). The predicted molar refractivity (Wildman–Crippen MR) is 245 cm³/mol. The van der Waals surface area contributed by atoms with E-state index < -0.39 is 26.6 Å². The van der Waals surface area contributed by atoms with Crippen LogP contribution >= 0.6 is 0 Å². The molecule has 4 heterocycles. The lowest BCUT2D eigenvalue weighted by Gasteiger charge is -2.08. The summed E-state index contributed by atoms with van der Waals surface area (Å²) in [6, 6.07) is 25.4. The number of aromatic amines is 1. The largest absolute Gasteiger partial charge is 0.490 e. The molecule has 0 fully saturated rings. The molecule has 21 nitrogen and oxygen atoms in total. The van der Waals surface area contributed by atoms with Gasteiger partial charge < -0.3 is 35.4 Å². The number of nitrogens with zero attached hydrogens (tertiary/aromatic N) is 6. The van der Waals surface area contributed by atoms with Crippen LogP contribution in [-0.2, 0) is 0 Å². The van der Waals surface area contributed by atoms with Crippen molar-refractivity contribution in [3.63, 3.8) is 0 Å². The summed E-state index contributed by atoms with van der Waals surface area (Å²) in [5, 5.41) is 44.6. The van der Waals surface area contributed by atoms with E-state index in [4.69, 9.17) is 25.1 Å². The molecule has 0 saturated carbocycles. The van der Waals surface area contributed by atoms with E-state index in [1.54, 1.807) is 49.8 Å². The number of amides is 1. The van der Waals surface area contributed by atoms with Crippen LogP contribution in [-0.4, -0.2) is 73.0 Å². The number of pyridine rings is 3. The Balaban J connectivity index is 0.000000309. The van der Waals surface area contributed by atoms with Crippen LogP contribution in [0.25, 0.3) is 22.3 Å². The summed E-state index contributed by atoms with van der Waals surface area (Å²) in [6.07, 6.45) is 4.93. The number of nitrogens with one attached hydrogen (secondary N) is 2. The molecule has 0 aliphatic carbocycles. The van der Waals surface area contributed by atoms with E-state index in [1.807, 2.05) is 37.3 Å². The number of hydrogen-bond donors (Lipinski definition) is 4. The van der Waals surface area contributed by atoms with Gasteiger partial charge in [-0.25, -0.2) is 19.7 Å². The van der Waals surface area contributed by atoms with Crippen LogP contribution < -0.4 is 25.3 Å². The van der Waals surface area contributed by atoms with Gasteiger partial charge in [-0.2, -0.15) is 0 Å². The highest BCUT2D eigenvalue weighted by Gasteiger charge is 2.20. The van der Waals surface area contributed by atoms with E-state index in [1.165, 1.54) is 57.7 Å². The first-order valence-corrected chi connectivity index (χ1v) is 18.1. The second-order valence-corrected chi connectivity index (χ2v) is 12.7. The fourth-order valence-electron chi connectivity index (χ4n) is 5.35. The molecule has 0 spiro atoms. The molecule has 5 N–H and O–H groups in total. The van der Waals surface area contributed by atoms with Gasteiger partial charge in [-0.3, -0.25) is 35.1 Å². The van der Waals surface area contributed by atoms with Crippen LogP contribution in [0.3, 0.4) is 0 Å². The standard InChI is InChI=1S/C14H13N3O4.C14H11N3O3.C8H7NO5.C6H8N2.2CH4/c1-9-4-3-7-15-13(9)16-14(18)10-5-6-12(21-2)11(8-10)17(19)20;1-20-13-5-4-9(8-12(13)17(18)19)11-7-10-3-2-6-15-14(10)16-11;1-14-7-3-2-5(8(10)11)4-6(7)9(12)13;1-5-3-2-4-8-6(5)7;;/h3-8H,1-2H3,(H,15,16,18);2-8H,1H3,(H,15,16);2-4H,1H3,(H,10,11);2-4H,1H3,(H2,7,8);2*1H4. The molecule has 0 aliphatic heterocycles. The van der Waals surface area contributed by atoms with Crippen molar-refractivity contribution >= 4 is 51.6 Å². The van der Waals surface area contributed by atoms with Crippen molar-refractivity contribution in [1.82, 2.24) is 19.9 Å². The van der Waals surface area contributed by atoms with Crippen LogP contribution in [0.2, 0.25) is 0 Å². The number of methoxy groups -OCH3 is 3. The number of anilines is 2. The first-order valence-electron chi connectivity index (χ1n) is 18.1. The maximum Gasteiger partial charge on any atom is 0.335 e. The fraction of sp³-hybridized carbons (Fsp3) is 0.159. The zero-order valence-electron chi connectivity index (χ0n) is 34.2. The van der Waals surface area contributed by atoms with E-state index in [-0.39, 0.29) is 60.3 Å². The first-order chi connectivity index (χ1) is 30.1. The Labute approximate surface area is 372 Å². The van der Waals surface area contributed by atoms with Gasteiger partial charge >= 0.3 is 23.0 Å². The lowest BCUT2D eigenvalue weighted by Crippen LogP contribution is -2.14. The Kier molecular flexibility index (Phi) is 19.6. The number of aromatic carboxylic acids is 1. The Morgan fingerprint density at radius 1 is 0.646 bits per heavy atom. The number of carboxylic acid groups (broad SMARTS) is 1. The molecule has 0 unspecified atom stereocenters. The normalized spacial score (nSPS) is 9.68. The molecular weight excluding hydrogens is 847 g/mol. The highest BCUT2D eigenvalue weighted by molar-refractivity contribution is 6.04. The third-order valence-electron chi connectivity index (χ3n) is 8.63. The second-order valence-electron chi connectivity index (χ2n) is 12.7. The van der Waals surface area contributed by atoms with Gasteiger partial charge in [0.1, 0.15) is 17.3 Å². The van der Waals surface area contributed by atoms with Crippen molar-refractivity contribution < 1.29 is 43.7 Å². The fourth-order valence-corrected chi connectivity index (χ4v) is 5.35. The van der Waals surface area contributed by atoms with Gasteiger partial charge in [0.15, 0.2) is 17.2 Å². The highest BCUT2D eigenvalue weighted by atomic mass is 16.6. The second kappa shape index (κ2) is 24.4. The van der Waals surface area contributed by atoms with Crippen molar-refractivity contribution in [2.45, 2.75) is 28.7 Å². The molecule has 7 aromatic rings. The predicted octanol–water partition coefficient (Wildman–Crippen LogP) is 9.25. The molecule has 340 valence electrons. The zero-order chi connectivity index (χ0) is 46.2. The minimum absolute atomic E-state index is 0. The average Bonchev–Trinajstić information content (AvgIpc) is 3.72. The number of rotatable bonds is 10. The SMILES string of the molecule is C.C.COc1ccc(-c2cc3cccnc3[nH]2)cc1[N+](=O)[O-].COc1ccc(C(=O)Nc2ncccc2C)cc1[N+](=O)[O-].COc1ccc(C(=O)O)cc1[N+](=O)[O-].Cc1cccnc1N. The number of aryl methyl sites for hydroxylation is 2. The Morgan fingerprint density at radius 3 is 1.60 bits per heavy atom. The number of carboxylic acids is 1. The summed E-state index contributed by atoms with van der Waals surface area (Å²) in [5.74, 6) is -0.259. The summed E-state index contributed by atoms with van der Waals surface area (Å²) < 4.78 is 14.6. The number of H-pyrrole nitrogens is 1. The minimum atomic E-state index is -1.21. The summed E-state index contributed by atoms with van der Waals surface area (Å²) in [7, 11) is 4.02. The quantitative estimate of drug-likeness (QED) is 0.0734. The summed E-state index contributed by atoms with van der Waals surface area (Å²) in [5.41, 5.74) is 8.84. The van der Waals surface area contributed by atoms with E-state index >= 15 is 0 Å². The molecule has 0 atom stereocenters. The lowest BCUT2D eigenvalue weighted by atomic mass is 10.1. The molecule has 0 radical (unpaired) electrons. The topological polar surface area (TPSA) is 304 Å². The summed E-state index contributed by atoms with van der Waals surface area (Å²) >= 11 is 0. The number of fused-ring (bicyclic) bond motifs is 1. The monoisotopic (exact) mass is 893 g/mol. The van der Waals surface area contributed by atoms with Crippen LogP contribution in [0.15, 0.2) is 116 Å². The third-order valence-corrected chi connectivity index (χ3v) is 8.63. The van der Waals surface area contributed by atoms with Crippen molar-refractivity contribution in [1.29, 1.82) is 0 Å². The zero-order valence-corrected chi connectivity index (χ0v) is 34.2. The molecule has 4 aromatic heterocycles. The van der Waals surface area contributed by atoms with Crippen molar-refractivity contribution in [2.24, 2.45) is 0 Å². The maximum atomic E-state index is 12.1. The van der Waals surface area contributed by atoms with E-state index in [0.29, 0.717) is 11.6 Å². The number of nitro groups is 3. The van der Waals surface area contributed by atoms with Crippen LogP contribution in [0.5, 0.6) is 17.2 Å². The number of aromatic nitrogens is 4. The Bertz CT molecular complexity index is 2730. The van der Waals surface area contributed by atoms with E-state index in [9.17, 15) is 39.9 Å². The molecule has 1 amide bonds. The van der Waals surface area contributed by atoms with E-state index in [2.05, 4.69) is 25.3 Å². The van der Waals surface area contributed by atoms with Crippen molar-refractivity contribution in [3.8, 4) is 28.5 Å². The van der Waals surface area contributed by atoms with Gasteiger partial charge in [0.05, 0.1) is 41.7 Å². The Hall–Kier alpha value is -9.01. The van der Waals surface area contributed by atoms with Gasteiger partial charge in [-0.15, -0.1) is 0 Å².